The minimum atomic E-state index is -0.864. The molecule has 1 rings (SSSR count). The van der Waals surface area contributed by atoms with Crippen molar-refractivity contribution in [2.45, 2.75) is 26.7 Å². The average Bonchev–Trinajstić information content (AvgIpc) is 2.26. The van der Waals surface area contributed by atoms with Crippen LogP contribution in [0.1, 0.15) is 24.5 Å². The number of hydrogen-bond acceptors (Lipinski definition) is 2. The van der Waals surface area contributed by atoms with Gasteiger partial charge in [0.1, 0.15) is 11.6 Å². The molecule has 0 aliphatic rings. The Balaban J connectivity index is 2.86. The third-order valence-electron chi connectivity index (χ3n) is 2.77. The topological polar surface area (TPSA) is 46.5 Å². The van der Waals surface area contributed by atoms with Gasteiger partial charge in [-0.2, -0.15) is 0 Å². The predicted octanol–water partition coefficient (Wildman–Crippen LogP) is 2.80. The standard InChI is InChI=1S/C13H17FO3/c1-8-6-11(14)10(12(7-8)17-3)5-4-9(2)13(15)16/h6-7,9H,4-5H2,1-3H3,(H,15,16). The van der Waals surface area contributed by atoms with Crippen LogP contribution in [0.4, 0.5) is 4.39 Å². The molecule has 1 atom stereocenters. The first-order chi connectivity index (χ1) is 7.95. The van der Waals surface area contributed by atoms with Crippen molar-refractivity contribution < 1.29 is 19.0 Å². The Labute approximate surface area is 100 Å². The Morgan fingerprint density at radius 2 is 2.18 bits per heavy atom. The second-order valence-corrected chi connectivity index (χ2v) is 4.21. The van der Waals surface area contributed by atoms with E-state index < -0.39 is 11.9 Å². The van der Waals surface area contributed by atoms with E-state index in [0.29, 0.717) is 24.2 Å². The molecule has 1 aromatic carbocycles. The lowest BCUT2D eigenvalue weighted by atomic mass is 9.99. The minimum absolute atomic E-state index is 0.334. The third-order valence-corrected chi connectivity index (χ3v) is 2.77. The molecule has 3 nitrogen and oxygen atoms in total. The Morgan fingerprint density at radius 3 is 2.71 bits per heavy atom. The van der Waals surface area contributed by atoms with Crippen molar-refractivity contribution in [3.05, 3.63) is 29.1 Å². The summed E-state index contributed by atoms with van der Waals surface area (Å²) in [7, 11) is 1.48. The van der Waals surface area contributed by atoms with Gasteiger partial charge in [0.2, 0.25) is 0 Å². The zero-order valence-corrected chi connectivity index (χ0v) is 10.3. The van der Waals surface area contributed by atoms with Gasteiger partial charge in [0.25, 0.3) is 0 Å². The fourth-order valence-corrected chi connectivity index (χ4v) is 1.65. The average molecular weight is 240 g/mol. The van der Waals surface area contributed by atoms with Gasteiger partial charge in [-0.15, -0.1) is 0 Å². The van der Waals surface area contributed by atoms with Crippen LogP contribution in [0.2, 0.25) is 0 Å². The van der Waals surface area contributed by atoms with E-state index in [0.717, 1.165) is 5.56 Å². The van der Waals surface area contributed by atoms with E-state index >= 15 is 0 Å². The number of methoxy groups -OCH3 is 1. The van der Waals surface area contributed by atoms with Crippen LogP contribution in [-0.2, 0) is 11.2 Å². The van der Waals surface area contributed by atoms with Crippen LogP contribution < -0.4 is 4.74 Å². The molecule has 94 valence electrons. The van der Waals surface area contributed by atoms with Crippen LogP contribution in [0.15, 0.2) is 12.1 Å². The van der Waals surface area contributed by atoms with Gasteiger partial charge in [-0.25, -0.2) is 4.39 Å². The molecule has 0 bridgehead atoms. The van der Waals surface area contributed by atoms with Gasteiger partial charge in [0.05, 0.1) is 13.0 Å². The molecule has 0 aliphatic carbocycles. The molecule has 0 fully saturated rings. The Hall–Kier alpha value is -1.58. The van der Waals surface area contributed by atoms with E-state index in [9.17, 15) is 9.18 Å². The summed E-state index contributed by atoms with van der Waals surface area (Å²) < 4.78 is 18.8. The van der Waals surface area contributed by atoms with Crippen LogP contribution in [0.3, 0.4) is 0 Å². The van der Waals surface area contributed by atoms with E-state index in [4.69, 9.17) is 9.84 Å². The number of carbonyl (C=O) groups is 1. The molecule has 0 heterocycles. The van der Waals surface area contributed by atoms with Crippen molar-refractivity contribution in [2.24, 2.45) is 5.92 Å². The first-order valence-corrected chi connectivity index (χ1v) is 5.51. The zero-order chi connectivity index (χ0) is 13.0. The maximum Gasteiger partial charge on any atom is 0.306 e. The van der Waals surface area contributed by atoms with Crippen LogP contribution in [0.25, 0.3) is 0 Å². The van der Waals surface area contributed by atoms with Gasteiger partial charge < -0.3 is 9.84 Å². The van der Waals surface area contributed by atoms with Gasteiger partial charge in [0, 0.05) is 5.56 Å². The highest BCUT2D eigenvalue weighted by molar-refractivity contribution is 5.69. The third kappa shape index (κ3) is 3.44. The molecule has 0 aliphatic heterocycles. The van der Waals surface area contributed by atoms with Crippen molar-refractivity contribution in [2.75, 3.05) is 7.11 Å². The highest BCUT2D eigenvalue weighted by Gasteiger charge is 2.15. The van der Waals surface area contributed by atoms with Gasteiger partial charge >= 0.3 is 5.97 Å². The number of carboxylic acid groups (broad SMARTS) is 1. The Kier molecular flexibility index (Phi) is 4.49. The Morgan fingerprint density at radius 1 is 1.53 bits per heavy atom. The molecule has 0 amide bonds. The molecule has 0 spiro atoms. The summed E-state index contributed by atoms with van der Waals surface area (Å²) in [6.07, 6.45) is 0.758. The fourth-order valence-electron chi connectivity index (χ4n) is 1.65. The number of aliphatic carboxylic acids is 1. The van der Waals surface area contributed by atoms with Crippen molar-refractivity contribution in [1.29, 1.82) is 0 Å². The predicted molar refractivity (Wildman–Crippen MR) is 62.8 cm³/mol. The number of benzene rings is 1. The summed E-state index contributed by atoms with van der Waals surface area (Å²) in [4.78, 5) is 10.7. The summed E-state index contributed by atoms with van der Waals surface area (Å²) in [6, 6.07) is 3.19. The summed E-state index contributed by atoms with van der Waals surface area (Å²) in [5, 5.41) is 8.77. The first kappa shape index (κ1) is 13.5. The van der Waals surface area contributed by atoms with Crippen molar-refractivity contribution >= 4 is 5.97 Å². The van der Waals surface area contributed by atoms with E-state index in [-0.39, 0.29) is 5.82 Å². The van der Waals surface area contributed by atoms with Gasteiger partial charge in [0.15, 0.2) is 0 Å². The smallest absolute Gasteiger partial charge is 0.306 e. The minimum Gasteiger partial charge on any atom is -0.496 e. The monoisotopic (exact) mass is 240 g/mol. The number of rotatable bonds is 5. The van der Waals surface area contributed by atoms with Crippen LogP contribution in [-0.4, -0.2) is 18.2 Å². The number of aryl methyl sites for hydroxylation is 1. The van der Waals surface area contributed by atoms with E-state index in [1.165, 1.54) is 13.2 Å². The molecule has 1 N–H and O–H groups in total. The zero-order valence-electron chi connectivity index (χ0n) is 10.3. The van der Waals surface area contributed by atoms with Crippen LogP contribution in [0.5, 0.6) is 5.75 Å². The van der Waals surface area contributed by atoms with Gasteiger partial charge in [-0.05, 0) is 37.5 Å². The van der Waals surface area contributed by atoms with Gasteiger partial charge in [-0.1, -0.05) is 6.92 Å². The number of carboxylic acids is 1. The van der Waals surface area contributed by atoms with Crippen LogP contribution >= 0.6 is 0 Å². The van der Waals surface area contributed by atoms with Crippen molar-refractivity contribution in [1.82, 2.24) is 0 Å². The molecule has 17 heavy (non-hydrogen) atoms. The highest BCUT2D eigenvalue weighted by atomic mass is 19.1. The fraction of sp³-hybridized carbons (Fsp3) is 0.462. The van der Waals surface area contributed by atoms with E-state index in [2.05, 4.69) is 0 Å². The summed E-state index contributed by atoms with van der Waals surface area (Å²) in [5.74, 6) is -1.20. The van der Waals surface area contributed by atoms with Crippen LogP contribution in [0, 0.1) is 18.7 Å². The highest BCUT2D eigenvalue weighted by Crippen LogP contribution is 2.26. The molecule has 0 saturated carbocycles. The molecule has 0 aromatic heterocycles. The lowest BCUT2D eigenvalue weighted by Crippen LogP contribution is -2.11. The number of halogens is 1. The molecule has 1 aromatic rings. The molecular formula is C13H17FO3. The summed E-state index contributed by atoms with van der Waals surface area (Å²) in [5.41, 5.74) is 1.24. The number of ether oxygens (including phenoxy) is 1. The van der Waals surface area contributed by atoms with E-state index in [1.807, 2.05) is 0 Å². The quantitative estimate of drug-likeness (QED) is 0.860. The molecule has 1 unspecified atom stereocenters. The van der Waals surface area contributed by atoms with Crippen molar-refractivity contribution in [3.8, 4) is 5.75 Å². The summed E-state index contributed by atoms with van der Waals surface area (Å²) >= 11 is 0. The lowest BCUT2D eigenvalue weighted by Gasteiger charge is -2.12. The Bertz CT molecular complexity index is 415. The van der Waals surface area contributed by atoms with E-state index in [1.54, 1.807) is 19.9 Å². The second-order valence-electron chi connectivity index (χ2n) is 4.21. The largest absolute Gasteiger partial charge is 0.496 e. The normalized spacial score (nSPS) is 12.2. The summed E-state index contributed by atoms with van der Waals surface area (Å²) in [6.45, 7) is 3.40. The van der Waals surface area contributed by atoms with Gasteiger partial charge in [-0.3, -0.25) is 4.79 Å². The maximum absolute atomic E-state index is 13.7. The molecular weight excluding hydrogens is 223 g/mol. The van der Waals surface area contributed by atoms with Crippen molar-refractivity contribution in [3.63, 3.8) is 0 Å². The first-order valence-electron chi connectivity index (χ1n) is 5.51. The molecule has 4 heteroatoms. The molecule has 0 radical (unpaired) electrons. The number of hydrogen-bond donors (Lipinski definition) is 1. The maximum atomic E-state index is 13.7. The SMILES string of the molecule is COc1cc(C)cc(F)c1CCC(C)C(=O)O. The molecule has 0 saturated heterocycles. The second kappa shape index (κ2) is 5.66. The lowest BCUT2D eigenvalue weighted by molar-refractivity contribution is -0.141.